The summed E-state index contributed by atoms with van der Waals surface area (Å²) >= 11 is 0. The Hall–Kier alpha value is -1.51. The maximum Gasteiger partial charge on any atom is 0.221 e. The van der Waals surface area contributed by atoms with Gasteiger partial charge in [-0.15, -0.1) is 0 Å². The van der Waals surface area contributed by atoms with Gasteiger partial charge in [0, 0.05) is 6.92 Å². The van der Waals surface area contributed by atoms with Crippen LogP contribution < -0.4 is 5.32 Å². The van der Waals surface area contributed by atoms with Crippen LogP contribution in [0.25, 0.3) is 0 Å². The minimum atomic E-state index is -0.176. The molecular weight excluding hydrogens is 202 g/mol. The minimum Gasteiger partial charge on any atom is -0.506 e. The van der Waals surface area contributed by atoms with Crippen molar-refractivity contribution in [3.63, 3.8) is 0 Å². The second-order valence-electron chi connectivity index (χ2n) is 5.06. The number of amides is 1. The van der Waals surface area contributed by atoms with Gasteiger partial charge in [0.1, 0.15) is 5.75 Å². The third-order valence-electron chi connectivity index (χ3n) is 2.55. The average molecular weight is 221 g/mol. The van der Waals surface area contributed by atoms with E-state index in [4.69, 9.17) is 0 Å². The minimum absolute atomic E-state index is 0.00893. The molecular formula is C13H19NO2. The number of carbonyl (C=O) groups is 1. The van der Waals surface area contributed by atoms with Gasteiger partial charge in [-0.2, -0.15) is 0 Å². The molecule has 0 aliphatic heterocycles. The number of aromatic hydroxyl groups is 1. The lowest BCUT2D eigenvalue weighted by Gasteiger charge is -2.24. The Morgan fingerprint density at radius 3 is 2.31 bits per heavy atom. The smallest absolute Gasteiger partial charge is 0.221 e. The van der Waals surface area contributed by atoms with Crippen LogP contribution in [-0.2, 0) is 10.2 Å². The van der Waals surface area contributed by atoms with E-state index in [1.165, 1.54) is 6.92 Å². The molecule has 1 amide bonds. The standard InChI is InChI=1S/C13H19NO2/c1-8-10(13(3,4)5)6-7-11(16)12(8)14-9(2)15/h6-7,16H,1-5H3,(H,14,15). The van der Waals surface area contributed by atoms with E-state index in [1.54, 1.807) is 6.07 Å². The molecule has 3 heteroatoms. The van der Waals surface area contributed by atoms with Crippen molar-refractivity contribution in [2.45, 2.75) is 40.0 Å². The van der Waals surface area contributed by atoms with Crippen LogP contribution in [0.4, 0.5) is 5.69 Å². The summed E-state index contributed by atoms with van der Waals surface area (Å²) in [6, 6.07) is 3.52. The van der Waals surface area contributed by atoms with Gasteiger partial charge in [0.15, 0.2) is 0 Å². The molecule has 16 heavy (non-hydrogen) atoms. The zero-order valence-electron chi connectivity index (χ0n) is 10.5. The SMILES string of the molecule is CC(=O)Nc1c(O)ccc(C(C)(C)C)c1C. The largest absolute Gasteiger partial charge is 0.506 e. The van der Waals surface area contributed by atoms with Gasteiger partial charge < -0.3 is 10.4 Å². The number of phenolic OH excluding ortho intramolecular Hbond substituents is 1. The summed E-state index contributed by atoms with van der Waals surface area (Å²) in [5.74, 6) is -0.0647. The summed E-state index contributed by atoms with van der Waals surface area (Å²) < 4.78 is 0. The molecule has 2 N–H and O–H groups in total. The van der Waals surface area contributed by atoms with E-state index in [0.717, 1.165) is 11.1 Å². The van der Waals surface area contributed by atoms with E-state index < -0.39 is 0 Å². The maximum absolute atomic E-state index is 11.1. The topological polar surface area (TPSA) is 49.3 Å². The fourth-order valence-electron chi connectivity index (χ4n) is 1.84. The molecule has 0 aliphatic rings. The Bertz CT molecular complexity index is 417. The Morgan fingerprint density at radius 2 is 1.88 bits per heavy atom. The summed E-state index contributed by atoms with van der Waals surface area (Å²) in [5.41, 5.74) is 2.54. The molecule has 0 saturated heterocycles. The van der Waals surface area contributed by atoms with Gasteiger partial charge in [-0.25, -0.2) is 0 Å². The van der Waals surface area contributed by atoms with Crippen molar-refractivity contribution >= 4 is 11.6 Å². The highest BCUT2D eigenvalue weighted by molar-refractivity contribution is 5.91. The van der Waals surface area contributed by atoms with Gasteiger partial charge in [-0.1, -0.05) is 26.8 Å². The first-order valence-corrected chi connectivity index (χ1v) is 5.34. The molecule has 0 atom stereocenters. The Labute approximate surface area is 96.5 Å². The third-order valence-corrected chi connectivity index (χ3v) is 2.55. The lowest BCUT2D eigenvalue weighted by atomic mass is 9.83. The fourth-order valence-corrected chi connectivity index (χ4v) is 1.84. The van der Waals surface area contributed by atoms with Gasteiger partial charge in [0.2, 0.25) is 5.91 Å². The number of phenols is 1. The molecule has 1 rings (SSSR count). The van der Waals surface area contributed by atoms with Crippen LogP contribution >= 0.6 is 0 Å². The molecule has 1 aromatic rings. The number of anilines is 1. The van der Waals surface area contributed by atoms with Crippen LogP contribution in [0.5, 0.6) is 5.75 Å². The van der Waals surface area contributed by atoms with Crippen molar-refractivity contribution in [1.29, 1.82) is 0 Å². The third kappa shape index (κ3) is 2.54. The number of hydrogen-bond donors (Lipinski definition) is 2. The van der Waals surface area contributed by atoms with Crippen LogP contribution in [0.1, 0.15) is 38.8 Å². The summed E-state index contributed by atoms with van der Waals surface area (Å²) in [5, 5.41) is 12.4. The zero-order chi connectivity index (χ0) is 12.5. The van der Waals surface area contributed by atoms with E-state index in [1.807, 2.05) is 13.0 Å². The molecule has 0 aliphatic carbocycles. The molecule has 0 fully saturated rings. The average Bonchev–Trinajstić information content (AvgIpc) is 2.09. The second-order valence-corrected chi connectivity index (χ2v) is 5.06. The molecule has 88 valence electrons. The van der Waals surface area contributed by atoms with Crippen molar-refractivity contribution < 1.29 is 9.90 Å². The first-order valence-electron chi connectivity index (χ1n) is 5.34. The molecule has 0 heterocycles. The Kier molecular flexibility index (Phi) is 3.27. The van der Waals surface area contributed by atoms with Crippen LogP contribution in [0, 0.1) is 6.92 Å². The van der Waals surface area contributed by atoms with E-state index >= 15 is 0 Å². The van der Waals surface area contributed by atoms with Crippen LogP contribution in [-0.4, -0.2) is 11.0 Å². The monoisotopic (exact) mass is 221 g/mol. The number of hydrogen-bond acceptors (Lipinski definition) is 2. The second kappa shape index (κ2) is 4.16. The first kappa shape index (κ1) is 12.6. The van der Waals surface area contributed by atoms with Gasteiger partial charge in [0.25, 0.3) is 0 Å². The summed E-state index contributed by atoms with van der Waals surface area (Å²) in [4.78, 5) is 11.1. The molecule has 0 saturated carbocycles. The molecule has 3 nitrogen and oxygen atoms in total. The lowest BCUT2D eigenvalue weighted by Crippen LogP contribution is -2.15. The van der Waals surface area contributed by atoms with Gasteiger partial charge in [-0.3, -0.25) is 4.79 Å². The first-order chi connectivity index (χ1) is 7.23. The molecule has 0 radical (unpaired) electrons. The highest BCUT2D eigenvalue weighted by Crippen LogP contribution is 2.35. The zero-order valence-corrected chi connectivity index (χ0v) is 10.5. The number of benzene rings is 1. The van der Waals surface area contributed by atoms with Gasteiger partial charge >= 0.3 is 0 Å². The Balaban J connectivity index is 3.33. The Morgan fingerprint density at radius 1 is 1.31 bits per heavy atom. The lowest BCUT2D eigenvalue weighted by molar-refractivity contribution is -0.114. The van der Waals surface area contributed by atoms with Crippen molar-refractivity contribution in [3.8, 4) is 5.75 Å². The van der Waals surface area contributed by atoms with Crippen molar-refractivity contribution in [3.05, 3.63) is 23.3 Å². The molecule has 0 aromatic heterocycles. The van der Waals surface area contributed by atoms with E-state index in [9.17, 15) is 9.90 Å². The molecule has 0 bridgehead atoms. The van der Waals surface area contributed by atoms with Crippen molar-refractivity contribution in [1.82, 2.24) is 0 Å². The highest BCUT2D eigenvalue weighted by atomic mass is 16.3. The van der Waals surface area contributed by atoms with E-state index in [-0.39, 0.29) is 17.1 Å². The quantitative estimate of drug-likeness (QED) is 0.716. The summed E-state index contributed by atoms with van der Waals surface area (Å²) in [7, 11) is 0. The molecule has 0 spiro atoms. The summed E-state index contributed by atoms with van der Waals surface area (Å²) in [6.07, 6.45) is 0. The van der Waals surface area contributed by atoms with Crippen LogP contribution in [0.15, 0.2) is 12.1 Å². The molecule has 0 unspecified atom stereocenters. The normalized spacial score (nSPS) is 11.3. The van der Waals surface area contributed by atoms with E-state index in [0.29, 0.717) is 5.69 Å². The predicted molar refractivity (Wildman–Crippen MR) is 65.8 cm³/mol. The van der Waals surface area contributed by atoms with Crippen LogP contribution in [0.3, 0.4) is 0 Å². The van der Waals surface area contributed by atoms with Crippen molar-refractivity contribution in [2.24, 2.45) is 0 Å². The van der Waals surface area contributed by atoms with Gasteiger partial charge in [0.05, 0.1) is 5.69 Å². The fraction of sp³-hybridized carbons (Fsp3) is 0.462. The predicted octanol–water partition coefficient (Wildman–Crippen LogP) is 2.96. The van der Waals surface area contributed by atoms with Crippen molar-refractivity contribution in [2.75, 3.05) is 5.32 Å². The van der Waals surface area contributed by atoms with Gasteiger partial charge in [-0.05, 0) is 29.5 Å². The number of rotatable bonds is 1. The molecule has 1 aromatic carbocycles. The van der Waals surface area contributed by atoms with E-state index in [2.05, 4.69) is 26.1 Å². The number of carbonyl (C=O) groups excluding carboxylic acids is 1. The number of nitrogens with one attached hydrogen (secondary N) is 1. The van der Waals surface area contributed by atoms with Crippen LogP contribution in [0.2, 0.25) is 0 Å². The maximum atomic E-state index is 11.1. The highest BCUT2D eigenvalue weighted by Gasteiger charge is 2.20. The summed E-state index contributed by atoms with van der Waals surface area (Å²) in [6.45, 7) is 9.64.